The molecule has 0 bridgehead atoms. The smallest absolute Gasteiger partial charge is 0.468 e. The predicted octanol–water partition coefficient (Wildman–Crippen LogP) is 4.79. The Bertz CT molecular complexity index is 584. The molecule has 0 aliphatic carbocycles. The molecule has 0 fully saturated rings. The molecule has 3 nitrogen and oxygen atoms in total. The monoisotopic (exact) mass is 363 g/mol. The van der Waals surface area contributed by atoms with Crippen LogP contribution in [0.5, 0.6) is 5.75 Å². The minimum atomic E-state index is -4.70. The van der Waals surface area contributed by atoms with E-state index in [-0.39, 0.29) is 16.3 Å². The third kappa shape index (κ3) is 4.78. The lowest BCUT2D eigenvalue weighted by molar-refractivity contribution is -0.274. The highest BCUT2D eigenvalue weighted by Gasteiger charge is 2.31. The molecule has 0 saturated carbocycles. The van der Waals surface area contributed by atoms with Crippen molar-refractivity contribution in [3.63, 3.8) is 0 Å². The number of hydrogen-bond donors (Lipinski definition) is 1. The van der Waals surface area contributed by atoms with E-state index in [2.05, 4.69) is 26.0 Å². The van der Waals surface area contributed by atoms with Crippen molar-refractivity contribution in [3.8, 4) is 5.75 Å². The van der Waals surface area contributed by atoms with Gasteiger partial charge in [-0.25, -0.2) is 0 Å². The molecule has 0 amide bonds. The van der Waals surface area contributed by atoms with Crippen LogP contribution in [0.3, 0.4) is 0 Å². The average Bonchev–Trinajstić information content (AvgIpc) is 2.91. The summed E-state index contributed by atoms with van der Waals surface area (Å²) in [5.41, 5.74) is 0.829. The van der Waals surface area contributed by atoms with Gasteiger partial charge in [-0.2, -0.15) is 0 Å². The number of rotatable bonds is 5. The lowest BCUT2D eigenvalue weighted by atomic mass is 10.2. The lowest BCUT2D eigenvalue weighted by Gasteiger charge is -2.14. The van der Waals surface area contributed by atoms with Gasteiger partial charge in [-0.1, -0.05) is 6.07 Å². The van der Waals surface area contributed by atoms with Gasteiger partial charge >= 0.3 is 6.36 Å². The maximum absolute atomic E-state index is 12.2. The highest BCUT2D eigenvalue weighted by Crippen LogP contribution is 2.31. The Morgan fingerprint density at radius 3 is 2.67 bits per heavy atom. The van der Waals surface area contributed by atoms with Crippen LogP contribution >= 0.6 is 15.9 Å². The molecule has 1 heterocycles. The summed E-state index contributed by atoms with van der Waals surface area (Å²) in [4.78, 5) is 0. The summed E-state index contributed by atoms with van der Waals surface area (Å²) in [5, 5.41) is 3.22. The van der Waals surface area contributed by atoms with Crippen LogP contribution in [-0.2, 0) is 6.54 Å². The van der Waals surface area contributed by atoms with Crippen molar-refractivity contribution in [1.82, 2.24) is 5.32 Å². The summed E-state index contributed by atoms with van der Waals surface area (Å²) in [5.74, 6) is 0.538. The van der Waals surface area contributed by atoms with E-state index in [4.69, 9.17) is 4.42 Å². The molecule has 2 rings (SSSR count). The number of benzene rings is 1. The summed E-state index contributed by atoms with van der Waals surface area (Å²) < 4.78 is 45.9. The fourth-order valence-electron chi connectivity index (χ4n) is 1.77. The SMILES string of the molecule is C[C@H](NCc1ccc(OC(F)(F)F)c(Br)c1)c1ccco1. The highest BCUT2D eigenvalue weighted by atomic mass is 79.9. The van der Waals surface area contributed by atoms with Crippen molar-refractivity contribution in [3.05, 3.63) is 52.4 Å². The predicted molar refractivity (Wildman–Crippen MR) is 74.8 cm³/mol. The maximum Gasteiger partial charge on any atom is 0.573 e. The van der Waals surface area contributed by atoms with Gasteiger partial charge in [0.25, 0.3) is 0 Å². The van der Waals surface area contributed by atoms with Crippen molar-refractivity contribution in [2.24, 2.45) is 0 Å². The normalized spacial score (nSPS) is 13.2. The Balaban J connectivity index is 1.97. The van der Waals surface area contributed by atoms with Crippen molar-refractivity contribution in [2.45, 2.75) is 25.9 Å². The molecule has 0 aliphatic heterocycles. The summed E-state index contributed by atoms with van der Waals surface area (Å²) in [7, 11) is 0. The van der Waals surface area contributed by atoms with E-state index in [1.165, 1.54) is 6.07 Å². The van der Waals surface area contributed by atoms with Crippen molar-refractivity contribution in [2.75, 3.05) is 0 Å². The molecule has 2 aromatic rings. The van der Waals surface area contributed by atoms with Crippen LogP contribution in [0.2, 0.25) is 0 Å². The van der Waals surface area contributed by atoms with E-state index >= 15 is 0 Å². The zero-order valence-corrected chi connectivity index (χ0v) is 12.7. The quantitative estimate of drug-likeness (QED) is 0.828. The van der Waals surface area contributed by atoms with E-state index in [0.29, 0.717) is 6.54 Å². The Morgan fingerprint density at radius 2 is 2.10 bits per heavy atom. The fraction of sp³-hybridized carbons (Fsp3) is 0.286. The number of ether oxygens (including phenoxy) is 1. The van der Waals surface area contributed by atoms with Gasteiger partial charge in [0.15, 0.2) is 0 Å². The molecule has 0 aliphatic rings. The zero-order chi connectivity index (χ0) is 15.5. The third-order valence-electron chi connectivity index (χ3n) is 2.80. The summed E-state index contributed by atoms with van der Waals surface area (Å²) in [6.45, 7) is 2.43. The van der Waals surface area contributed by atoms with Crippen LogP contribution in [0.4, 0.5) is 13.2 Å². The van der Waals surface area contributed by atoms with E-state index in [1.54, 1.807) is 24.5 Å². The molecule has 1 aromatic heterocycles. The second-order valence-electron chi connectivity index (χ2n) is 4.43. The molecule has 7 heteroatoms. The number of halogens is 4. The van der Waals surface area contributed by atoms with Crippen LogP contribution in [0.1, 0.15) is 24.3 Å². The van der Waals surface area contributed by atoms with E-state index in [0.717, 1.165) is 11.3 Å². The maximum atomic E-state index is 12.2. The molecule has 0 saturated heterocycles. The largest absolute Gasteiger partial charge is 0.573 e. The van der Waals surface area contributed by atoms with Gasteiger partial charge in [-0.05, 0) is 52.7 Å². The second-order valence-corrected chi connectivity index (χ2v) is 5.28. The minimum Gasteiger partial charge on any atom is -0.468 e. The zero-order valence-electron chi connectivity index (χ0n) is 11.1. The van der Waals surface area contributed by atoms with Crippen LogP contribution in [0, 0.1) is 0 Å². The number of alkyl halides is 3. The number of furan rings is 1. The van der Waals surface area contributed by atoms with Crippen LogP contribution in [0.25, 0.3) is 0 Å². The molecule has 1 aromatic carbocycles. The Kier molecular flexibility index (Phi) is 4.95. The molecular formula is C14H13BrF3NO2. The first-order chi connectivity index (χ1) is 9.85. The van der Waals surface area contributed by atoms with Gasteiger partial charge in [-0.15, -0.1) is 13.2 Å². The minimum absolute atomic E-state index is 0.00452. The molecule has 21 heavy (non-hydrogen) atoms. The first kappa shape index (κ1) is 15.9. The second kappa shape index (κ2) is 6.53. The summed E-state index contributed by atoms with van der Waals surface area (Å²) in [6.07, 6.45) is -3.11. The van der Waals surface area contributed by atoms with Crippen LogP contribution in [-0.4, -0.2) is 6.36 Å². The molecular weight excluding hydrogens is 351 g/mol. The van der Waals surface area contributed by atoms with E-state index in [1.807, 2.05) is 13.0 Å². The topological polar surface area (TPSA) is 34.4 Å². The molecule has 1 atom stereocenters. The fourth-order valence-corrected chi connectivity index (χ4v) is 2.28. The Hall–Kier alpha value is -1.47. The molecule has 0 radical (unpaired) electrons. The molecule has 1 N–H and O–H groups in total. The van der Waals surface area contributed by atoms with Crippen molar-refractivity contribution < 1.29 is 22.3 Å². The Morgan fingerprint density at radius 1 is 1.33 bits per heavy atom. The molecule has 0 unspecified atom stereocenters. The van der Waals surface area contributed by atoms with Gasteiger partial charge in [-0.3, -0.25) is 0 Å². The standard InChI is InChI=1S/C14H13BrF3NO2/c1-9(12-3-2-6-20-12)19-8-10-4-5-13(11(15)7-10)21-14(16,17)18/h2-7,9,19H,8H2,1H3/t9-/m0/s1. The highest BCUT2D eigenvalue weighted by molar-refractivity contribution is 9.10. The van der Waals surface area contributed by atoms with Gasteiger partial charge in [0.2, 0.25) is 0 Å². The van der Waals surface area contributed by atoms with Crippen LogP contribution in [0.15, 0.2) is 45.5 Å². The summed E-state index contributed by atoms with van der Waals surface area (Å²) >= 11 is 3.07. The van der Waals surface area contributed by atoms with E-state index in [9.17, 15) is 13.2 Å². The van der Waals surface area contributed by atoms with Gasteiger partial charge in [0.1, 0.15) is 11.5 Å². The average molecular weight is 364 g/mol. The molecule has 0 spiro atoms. The van der Waals surface area contributed by atoms with Crippen LogP contribution < -0.4 is 10.1 Å². The Labute approximate surface area is 128 Å². The van der Waals surface area contributed by atoms with Crippen molar-refractivity contribution in [1.29, 1.82) is 0 Å². The molecule has 114 valence electrons. The first-order valence-electron chi connectivity index (χ1n) is 6.16. The van der Waals surface area contributed by atoms with Gasteiger partial charge in [0, 0.05) is 6.54 Å². The van der Waals surface area contributed by atoms with Crippen molar-refractivity contribution >= 4 is 15.9 Å². The first-order valence-corrected chi connectivity index (χ1v) is 6.95. The van der Waals surface area contributed by atoms with Gasteiger partial charge < -0.3 is 14.5 Å². The summed E-state index contributed by atoms with van der Waals surface area (Å²) in [6, 6.07) is 8.11. The number of hydrogen-bond acceptors (Lipinski definition) is 3. The van der Waals surface area contributed by atoms with Gasteiger partial charge in [0.05, 0.1) is 16.8 Å². The van der Waals surface area contributed by atoms with E-state index < -0.39 is 6.36 Å². The third-order valence-corrected chi connectivity index (χ3v) is 3.42. The lowest BCUT2D eigenvalue weighted by Crippen LogP contribution is -2.18. The number of nitrogens with one attached hydrogen (secondary N) is 1.